The number of aromatic amines is 1. The molecule has 0 fully saturated rings. The van der Waals surface area contributed by atoms with Crippen molar-refractivity contribution in [3.8, 4) is 10.6 Å². The summed E-state index contributed by atoms with van der Waals surface area (Å²) in [5.41, 5.74) is 1.09. The topological polar surface area (TPSA) is 15.8 Å². The second-order valence-electron chi connectivity index (χ2n) is 2.21. The Hall–Kier alpha value is -0.730. The Bertz CT molecular complexity index is 337. The summed E-state index contributed by atoms with van der Waals surface area (Å²) in [5, 5.41) is 2.80. The summed E-state index contributed by atoms with van der Waals surface area (Å²) in [4.78, 5) is 4.31. The normalized spacial score (nSPS) is 10.3. The summed E-state index contributed by atoms with van der Waals surface area (Å²) in [6, 6.07) is 6.01. The zero-order valence-corrected chi connectivity index (χ0v) is 7.25. The second kappa shape index (κ2) is 2.72. The summed E-state index contributed by atoms with van der Waals surface area (Å²) in [6.45, 7) is 0. The van der Waals surface area contributed by atoms with Gasteiger partial charge in [0.15, 0.2) is 0 Å². The van der Waals surface area contributed by atoms with E-state index in [1.807, 2.05) is 17.5 Å². The first-order valence-corrected chi connectivity index (χ1v) is 4.50. The zero-order chi connectivity index (χ0) is 7.68. The molecule has 2 aromatic rings. The molecule has 0 atom stereocenters. The summed E-state index contributed by atoms with van der Waals surface area (Å²) < 4.78 is 0. The maximum absolute atomic E-state index is 5.75. The van der Waals surface area contributed by atoms with Crippen LogP contribution in [0.15, 0.2) is 29.8 Å². The average Bonchev–Trinajstić information content (AvgIpc) is 2.55. The van der Waals surface area contributed by atoms with E-state index >= 15 is 0 Å². The maximum atomic E-state index is 5.75. The average molecular weight is 184 g/mol. The van der Waals surface area contributed by atoms with Gasteiger partial charge in [-0.25, -0.2) is 0 Å². The molecule has 0 bridgehead atoms. The Morgan fingerprint density at radius 2 is 2.36 bits per heavy atom. The standard InChI is InChI=1S/C8H6ClNS/c9-6-4-7(10-5-6)8-2-1-3-11-8/h1-5,10H. The van der Waals surface area contributed by atoms with Crippen LogP contribution in [0.4, 0.5) is 0 Å². The highest BCUT2D eigenvalue weighted by Gasteiger charge is 1.99. The van der Waals surface area contributed by atoms with Crippen molar-refractivity contribution >= 4 is 22.9 Å². The van der Waals surface area contributed by atoms with Gasteiger partial charge >= 0.3 is 0 Å². The molecule has 0 saturated carbocycles. The van der Waals surface area contributed by atoms with E-state index in [0.29, 0.717) is 0 Å². The van der Waals surface area contributed by atoms with Crippen molar-refractivity contribution in [2.45, 2.75) is 0 Å². The van der Waals surface area contributed by atoms with Crippen LogP contribution in [-0.4, -0.2) is 4.98 Å². The van der Waals surface area contributed by atoms with Gasteiger partial charge < -0.3 is 4.98 Å². The lowest BCUT2D eigenvalue weighted by Gasteiger charge is -1.86. The molecule has 0 radical (unpaired) electrons. The Morgan fingerprint density at radius 3 is 2.91 bits per heavy atom. The Balaban J connectivity index is 2.45. The van der Waals surface area contributed by atoms with E-state index < -0.39 is 0 Å². The van der Waals surface area contributed by atoms with E-state index in [1.165, 1.54) is 4.88 Å². The molecule has 1 N–H and O–H groups in total. The first-order valence-electron chi connectivity index (χ1n) is 3.24. The van der Waals surface area contributed by atoms with Crippen molar-refractivity contribution in [1.82, 2.24) is 4.98 Å². The van der Waals surface area contributed by atoms with Crippen LogP contribution in [0.2, 0.25) is 5.02 Å². The molecule has 0 spiro atoms. The predicted molar refractivity (Wildman–Crippen MR) is 49.1 cm³/mol. The Labute approximate surface area is 73.6 Å². The fourth-order valence-corrected chi connectivity index (χ4v) is 1.81. The number of hydrogen-bond acceptors (Lipinski definition) is 1. The van der Waals surface area contributed by atoms with E-state index in [2.05, 4.69) is 11.1 Å². The van der Waals surface area contributed by atoms with Gasteiger partial charge in [0.05, 0.1) is 15.6 Å². The van der Waals surface area contributed by atoms with Crippen molar-refractivity contribution in [3.05, 3.63) is 34.8 Å². The smallest absolute Gasteiger partial charge is 0.0587 e. The van der Waals surface area contributed by atoms with Crippen molar-refractivity contribution in [2.75, 3.05) is 0 Å². The largest absolute Gasteiger partial charge is 0.359 e. The lowest BCUT2D eigenvalue weighted by atomic mass is 10.3. The van der Waals surface area contributed by atoms with Crippen molar-refractivity contribution < 1.29 is 0 Å². The third-order valence-corrected chi connectivity index (χ3v) is 2.56. The lowest BCUT2D eigenvalue weighted by molar-refractivity contribution is 1.42. The highest BCUT2D eigenvalue weighted by molar-refractivity contribution is 7.13. The van der Waals surface area contributed by atoms with Crippen LogP contribution < -0.4 is 0 Å². The minimum absolute atomic E-state index is 0.758. The van der Waals surface area contributed by atoms with E-state index in [4.69, 9.17) is 11.6 Å². The summed E-state index contributed by atoms with van der Waals surface area (Å²) in [5.74, 6) is 0. The molecule has 56 valence electrons. The van der Waals surface area contributed by atoms with Crippen LogP contribution in [-0.2, 0) is 0 Å². The van der Waals surface area contributed by atoms with Crippen LogP contribution in [0.5, 0.6) is 0 Å². The summed E-state index contributed by atoms with van der Waals surface area (Å²) in [7, 11) is 0. The van der Waals surface area contributed by atoms with Crippen LogP contribution >= 0.6 is 22.9 Å². The Kier molecular flexibility index (Phi) is 1.72. The number of hydrogen-bond donors (Lipinski definition) is 1. The minimum Gasteiger partial charge on any atom is -0.359 e. The molecule has 0 saturated heterocycles. The second-order valence-corrected chi connectivity index (χ2v) is 3.59. The van der Waals surface area contributed by atoms with Crippen LogP contribution in [0, 0.1) is 0 Å². The van der Waals surface area contributed by atoms with Crippen molar-refractivity contribution in [3.63, 3.8) is 0 Å². The first kappa shape index (κ1) is 6.95. The number of H-pyrrole nitrogens is 1. The van der Waals surface area contributed by atoms with Crippen LogP contribution in [0.25, 0.3) is 10.6 Å². The molecule has 0 aromatic carbocycles. The number of rotatable bonds is 1. The number of thiophene rings is 1. The van der Waals surface area contributed by atoms with Crippen LogP contribution in [0.1, 0.15) is 0 Å². The van der Waals surface area contributed by atoms with E-state index in [-0.39, 0.29) is 0 Å². The Morgan fingerprint density at radius 1 is 1.45 bits per heavy atom. The van der Waals surface area contributed by atoms with E-state index in [1.54, 1.807) is 17.5 Å². The van der Waals surface area contributed by atoms with Gasteiger partial charge in [0.25, 0.3) is 0 Å². The van der Waals surface area contributed by atoms with Gasteiger partial charge in [0, 0.05) is 6.20 Å². The molecule has 1 nitrogen and oxygen atoms in total. The highest BCUT2D eigenvalue weighted by atomic mass is 35.5. The highest BCUT2D eigenvalue weighted by Crippen LogP contribution is 2.25. The van der Waals surface area contributed by atoms with Crippen molar-refractivity contribution in [1.29, 1.82) is 0 Å². The van der Waals surface area contributed by atoms with Gasteiger partial charge in [-0.3, -0.25) is 0 Å². The molecule has 2 rings (SSSR count). The molecule has 3 heteroatoms. The third kappa shape index (κ3) is 1.32. The molecular formula is C8H6ClNS. The van der Waals surface area contributed by atoms with Gasteiger partial charge in [-0.2, -0.15) is 0 Å². The molecule has 2 heterocycles. The molecular weight excluding hydrogens is 178 g/mol. The summed E-state index contributed by atoms with van der Waals surface area (Å²) in [6.07, 6.45) is 1.79. The van der Waals surface area contributed by atoms with Gasteiger partial charge in [0.2, 0.25) is 0 Å². The van der Waals surface area contributed by atoms with Crippen LogP contribution in [0.3, 0.4) is 0 Å². The molecule has 0 aliphatic carbocycles. The minimum atomic E-state index is 0.758. The molecule has 0 amide bonds. The maximum Gasteiger partial charge on any atom is 0.0587 e. The monoisotopic (exact) mass is 183 g/mol. The molecule has 11 heavy (non-hydrogen) atoms. The van der Waals surface area contributed by atoms with Gasteiger partial charge in [-0.05, 0) is 17.5 Å². The third-order valence-electron chi connectivity index (χ3n) is 1.43. The molecule has 0 aliphatic rings. The lowest BCUT2D eigenvalue weighted by Crippen LogP contribution is -1.65. The van der Waals surface area contributed by atoms with Gasteiger partial charge in [-0.15, -0.1) is 11.3 Å². The first-order chi connectivity index (χ1) is 5.36. The number of nitrogens with one attached hydrogen (secondary N) is 1. The van der Waals surface area contributed by atoms with Crippen molar-refractivity contribution in [2.24, 2.45) is 0 Å². The fourth-order valence-electron chi connectivity index (χ4n) is 0.942. The predicted octanol–water partition coefficient (Wildman–Crippen LogP) is 3.40. The molecule has 0 unspecified atom stereocenters. The van der Waals surface area contributed by atoms with E-state index in [0.717, 1.165) is 10.7 Å². The SMILES string of the molecule is Clc1c[nH]c(-c2cccs2)c1. The zero-order valence-electron chi connectivity index (χ0n) is 5.67. The quantitative estimate of drug-likeness (QED) is 0.698. The fraction of sp³-hybridized carbons (Fsp3) is 0. The van der Waals surface area contributed by atoms with E-state index in [9.17, 15) is 0 Å². The molecule has 2 aromatic heterocycles. The number of halogens is 1. The number of aromatic nitrogens is 1. The molecule has 0 aliphatic heterocycles. The summed E-state index contributed by atoms with van der Waals surface area (Å²) >= 11 is 7.45. The van der Waals surface area contributed by atoms with Gasteiger partial charge in [0.1, 0.15) is 0 Å². The van der Waals surface area contributed by atoms with Gasteiger partial charge in [-0.1, -0.05) is 17.7 Å².